The van der Waals surface area contributed by atoms with E-state index in [4.69, 9.17) is 9.97 Å². The third-order valence-electron chi connectivity index (χ3n) is 4.76. The number of fused-ring (bicyclic) bond motifs is 2. The molecule has 0 bridgehead atoms. The van der Waals surface area contributed by atoms with E-state index in [-0.39, 0.29) is 0 Å². The van der Waals surface area contributed by atoms with E-state index < -0.39 is 0 Å². The highest BCUT2D eigenvalue weighted by molar-refractivity contribution is 8.00. The number of benzene rings is 3. The Kier molecular flexibility index (Phi) is 4.91. The van der Waals surface area contributed by atoms with Crippen LogP contribution in [0.5, 0.6) is 0 Å². The zero-order valence-electron chi connectivity index (χ0n) is 16.3. The van der Waals surface area contributed by atoms with Crippen LogP contribution in [-0.4, -0.2) is 15.0 Å². The maximum Gasteiger partial charge on any atom is 0.180 e. The molecule has 2 aromatic heterocycles. The molecule has 5 nitrogen and oxygen atoms in total. The summed E-state index contributed by atoms with van der Waals surface area (Å²) in [7, 11) is 0. The lowest BCUT2D eigenvalue weighted by Crippen LogP contribution is -2.02. The number of aromatic nitrogens is 3. The summed E-state index contributed by atoms with van der Waals surface area (Å²) in [6.45, 7) is 2.08. The number of anilines is 3. The standard InChI is InChI=1S/C24H19N5S/c1-16-11-13-17(14-12-16)30-29-24-23(27-21-7-2-3-8-22(21)28-24)26-20-10-4-9-19-18(20)6-5-15-25-19/h2-15H,1H3,(H,26,27)(H,28,29). The summed E-state index contributed by atoms with van der Waals surface area (Å²) >= 11 is 1.51. The van der Waals surface area contributed by atoms with Crippen LogP contribution in [0, 0.1) is 6.92 Å². The smallest absolute Gasteiger partial charge is 0.180 e. The fraction of sp³-hybridized carbons (Fsp3) is 0.0417. The predicted molar refractivity (Wildman–Crippen MR) is 125 cm³/mol. The first-order chi connectivity index (χ1) is 14.8. The topological polar surface area (TPSA) is 62.7 Å². The molecule has 146 valence electrons. The number of nitrogens with zero attached hydrogens (tertiary/aromatic N) is 3. The van der Waals surface area contributed by atoms with Crippen molar-refractivity contribution in [3.05, 3.63) is 90.6 Å². The molecule has 0 fully saturated rings. The fourth-order valence-electron chi connectivity index (χ4n) is 3.21. The molecule has 2 heterocycles. The van der Waals surface area contributed by atoms with E-state index in [2.05, 4.69) is 46.2 Å². The number of hydrogen-bond donors (Lipinski definition) is 2. The lowest BCUT2D eigenvalue weighted by atomic mass is 10.2. The quantitative estimate of drug-likeness (QED) is 0.330. The summed E-state index contributed by atoms with van der Waals surface area (Å²) in [5.41, 5.74) is 4.78. The van der Waals surface area contributed by atoms with E-state index in [1.54, 1.807) is 6.20 Å². The average Bonchev–Trinajstić information content (AvgIpc) is 2.79. The van der Waals surface area contributed by atoms with Crippen molar-refractivity contribution in [2.75, 3.05) is 10.0 Å². The zero-order chi connectivity index (χ0) is 20.3. The van der Waals surface area contributed by atoms with Crippen molar-refractivity contribution in [3.8, 4) is 0 Å². The van der Waals surface area contributed by atoms with Gasteiger partial charge in [-0.25, -0.2) is 9.97 Å². The van der Waals surface area contributed by atoms with Crippen LogP contribution in [0.2, 0.25) is 0 Å². The molecular formula is C24H19N5S. The highest BCUT2D eigenvalue weighted by Gasteiger charge is 2.11. The van der Waals surface area contributed by atoms with Crippen LogP contribution >= 0.6 is 11.9 Å². The fourth-order valence-corrected chi connectivity index (χ4v) is 3.84. The lowest BCUT2D eigenvalue weighted by molar-refractivity contribution is 1.29. The second-order valence-corrected chi connectivity index (χ2v) is 7.81. The molecule has 0 aliphatic heterocycles. The Balaban J connectivity index is 1.53. The number of pyridine rings is 1. The summed E-state index contributed by atoms with van der Waals surface area (Å²) in [5, 5.41) is 4.50. The van der Waals surface area contributed by atoms with Gasteiger partial charge in [0.2, 0.25) is 0 Å². The van der Waals surface area contributed by atoms with Crippen LogP contribution in [0.1, 0.15) is 5.56 Å². The molecular weight excluding hydrogens is 390 g/mol. The van der Waals surface area contributed by atoms with Crippen molar-refractivity contribution in [2.24, 2.45) is 0 Å². The van der Waals surface area contributed by atoms with Crippen molar-refractivity contribution in [1.82, 2.24) is 15.0 Å². The van der Waals surface area contributed by atoms with Crippen LogP contribution in [0.4, 0.5) is 17.3 Å². The third kappa shape index (κ3) is 3.77. The third-order valence-corrected chi connectivity index (χ3v) is 5.56. The van der Waals surface area contributed by atoms with Crippen molar-refractivity contribution < 1.29 is 0 Å². The van der Waals surface area contributed by atoms with E-state index in [0.717, 1.165) is 32.5 Å². The molecule has 0 spiro atoms. The normalized spacial score (nSPS) is 11.0. The van der Waals surface area contributed by atoms with E-state index in [1.807, 2.05) is 54.6 Å². The molecule has 2 N–H and O–H groups in total. The van der Waals surface area contributed by atoms with Crippen molar-refractivity contribution in [1.29, 1.82) is 0 Å². The molecule has 3 aromatic carbocycles. The Morgan fingerprint density at radius 1 is 0.700 bits per heavy atom. The van der Waals surface area contributed by atoms with Gasteiger partial charge in [0.25, 0.3) is 0 Å². The minimum atomic E-state index is 0.671. The van der Waals surface area contributed by atoms with E-state index >= 15 is 0 Å². The molecule has 0 aliphatic rings. The SMILES string of the molecule is Cc1ccc(SNc2nc3ccccc3nc2Nc2cccc3ncccc23)cc1. The van der Waals surface area contributed by atoms with Gasteiger partial charge in [-0.05, 0) is 67.4 Å². The first kappa shape index (κ1) is 18.4. The summed E-state index contributed by atoms with van der Waals surface area (Å²) < 4.78 is 3.37. The minimum absolute atomic E-state index is 0.671. The van der Waals surface area contributed by atoms with Gasteiger partial charge >= 0.3 is 0 Å². The lowest BCUT2D eigenvalue weighted by Gasteiger charge is -2.14. The Hall–Kier alpha value is -3.64. The number of hydrogen-bond acceptors (Lipinski definition) is 6. The van der Waals surface area contributed by atoms with Crippen LogP contribution in [0.3, 0.4) is 0 Å². The molecule has 0 aliphatic carbocycles. The summed E-state index contributed by atoms with van der Waals surface area (Å²) in [6.07, 6.45) is 1.80. The molecule has 0 saturated carbocycles. The second-order valence-electron chi connectivity index (χ2n) is 6.93. The molecule has 0 amide bonds. The van der Waals surface area contributed by atoms with Gasteiger partial charge in [-0.2, -0.15) is 0 Å². The Morgan fingerprint density at radius 3 is 2.23 bits per heavy atom. The number of para-hydroxylation sites is 2. The largest absolute Gasteiger partial charge is 0.337 e. The zero-order valence-corrected chi connectivity index (χ0v) is 17.1. The van der Waals surface area contributed by atoms with Gasteiger partial charge in [-0.15, -0.1) is 0 Å². The number of aryl methyl sites for hydroxylation is 1. The highest BCUT2D eigenvalue weighted by Crippen LogP contribution is 2.31. The van der Waals surface area contributed by atoms with Gasteiger partial charge in [0.15, 0.2) is 11.6 Å². The molecule has 30 heavy (non-hydrogen) atoms. The molecule has 5 aromatic rings. The van der Waals surface area contributed by atoms with E-state index in [1.165, 1.54) is 17.5 Å². The van der Waals surface area contributed by atoms with Gasteiger partial charge in [0.1, 0.15) is 0 Å². The van der Waals surface area contributed by atoms with Crippen LogP contribution < -0.4 is 10.0 Å². The van der Waals surface area contributed by atoms with Gasteiger partial charge in [-0.3, -0.25) is 4.98 Å². The highest BCUT2D eigenvalue weighted by atomic mass is 32.2. The monoisotopic (exact) mass is 409 g/mol. The minimum Gasteiger partial charge on any atom is -0.337 e. The van der Waals surface area contributed by atoms with Crippen LogP contribution in [0.15, 0.2) is 90.0 Å². The second kappa shape index (κ2) is 8.00. The molecule has 6 heteroatoms. The summed E-state index contributed by atoms with van der Waals surface area (Å²) in [4.78, 5) is 15.2. The Bertz CT molecular complexity index is 1330. The van der Waals surface area contributed by atoms with Crippen LogP contribution in [0.25, 0.3) is 21.9 Å². The maximum absolute atomic E-state index is 4.83. The van der Waals surface area contributed by atoms with E-state index in [9.17, 15) is 0 Å². The summed E-state index contributed by atoms with van der Waals surface area (Å²) in [5.74, 6) is 1.35. The van der Waals surface area contributed by atoms with Crippen molar-refractivity contribution in [2.45, 2.75) is 11.8 Å². The van der Waals surface area contributed by atoms with E-state index in [0.29, 0.717) is 11.6 Å². The number of nitrogens with one attached hydrogen (secondary N) is 2. The van der Waals surface area contributed by atoms with Crippen molar-refractivity contribution >= 4 is 51.2 Å². The maximum atomic E-state index is 4.83. The first-order valence-corrected chi connectivity index (χ1v) is 10.4. The van der Waals surface area contributed by atoms with Gasteiger partial charge in [0.05, 0.1) is 16.6 Å². The Morgan fingerprint density at radius 2 is 1.43 bits per heavy atom. The van der Waals surface area contributed by atoms with Crippen LogP contribution in [-0.2, 0) is 0 Å². The molecule has 0 atom stereocenters. The predicted octanol–water partition coefficient (Wildman–Crippen LogP) is 6.35. The average molecular weight is 410 g/mol. The Labute approximate surface area is 178 Å². The molecule has 0 unspecified atom stereocenters. The first-order valence-electron chi connectivity index (χ1n) is 9.63. The van der Waals surface area contributed by atoms with Gasteiger partial charge < -0.3 is 10.0 Å². The molecule has 5 rings (SSSR count). The van der Waals surface area contributed by atoms with Gasteiger partial charge in [-0.1, -0.05) is 35.9 Å². The summed E-state index contributed by atoms with van der Waals surface area (Å²) in [6, 6.07) is 26.2. The van der Waals surface area contributed by atoms with Gasteiger partial charge in [0, 0.05) is 22.2 Å². The van der Waals surface area contributed by atoms with Crippen molar-refractivity contribution in [3.63, 3.8) is 0 Å². The molecule has 0 radical (unpaired) electrons. The molecule has 0 saturated heterocycles. The number of rotatable bonds is 5.